The van der Waals surface area contributed by atoms with Crippen molar-refractivity contribution in [1.82, 2.24) is 9.97 Å². The van der Waals surface area contributed by atoms with Gasteiger partial charge in [0.2, 0.25) is 0 Å². The lowest BCUT2D eigenvalue weighted by atomic mass is 9.74. The van der Waals surface area contributed by atoms with E-state index in [-0.39, 0.29) is 11.5 Å². The van der Waals surface area contributed by atoms with E-state index in [2.05, 4.69) is 160 Å². The number of fused-ring (bicyclic) bond motifs is 2. The van der Waals surface area contributed by atoms with Crippen LogP contribution in [0.1, 0.15) is 50.3 Å². The summed E-state index contributed by atoms with van der Waals surface area (Å²) in [4.78, 5) is 13.4. The number of hydrogen-bond acceptors (Lipinski definition) is 4. The highest BCUT2D eigenvalue weighted by molar-refractivity contribution is 5.87. The summed E-state index contributed by atoms with van der Waals surface area (Å²) in [7, 11) is 0. The minimum atomic E-state index is -0.106. The Morgan fingerprint density at radius 2 is 1.26 bits per heavy atom. The first-order valence-corrected chi connectivity index (χ1v) is 15.4. The third-order valence-electron chi connectivity index (χ3n) is 9.02. The topological polar surface area (TPSA) is 41.1 Å². The third kappa shape index (κ3) is 5.23. The fourth-order valence-corrected chi connectivity index (χ4v) is 6.39. The van der Waals surface area contributed by atoms with Gasteiger partial charge in [-0.3, -0.25) is 0 Å². The molecule has 0 saturated carbocycles. The Morgan fingerprint density at radius 3 is 1.88 bits per heavy atom. The molecule has 1 unspecified atom stereocenters. The number of aryl methyl sites for hydroxylation is 2. The van der Waals surface area contributed by atoms with Crippen LogP contribution in [-0.2, 0) is 5.41 Å². The van der Waals surface area contributed by atoms with Crippen molar-refractivity contribution in [2.45, 2.75) is 58.9 Å². The number of nitrogens with one attached hydrogen (secondary N) is 1. The quantitative estimate of drug-likeness (QED) is 0.216. The van der Waals surface area contributed by atoms with E-state index in [4.69, 9.17) is 9.97 Å². The van der Waals surface area contributed by atoms with Gasteiger partial charge in [-0.2, -0.15) is 0 Å². The fraction of sp³-hybridized carbons (Fsp3) is 0.231. The van der Waals surface area contributed by atoms with Crippen LogP contribution in [0, 0.1) is 13.8 Å². The second kappa shape index (κ2) is 11.9. The van der Waals surface area contributed by atoms with E-state index in [0.717, 1.165) is 58.4 Å². The SMILES string of the molecule is CCC1(CC)/C=C\C(C)N(c2ccccc2)c2nc(-c3ccccc3C)c(-c3ccccc3C)nc2Nc2ccccc21. The largest absolute Gasteiger partial charge is 0.337 e. The monoisotopic (exact) mass is 564 g/mol. The van der Waals surface area contributed by atoms with Crippen LogP contribution in [0.25, 0.3) is 22.5 Å². The molecule has 1 N–H and O–H groups in total. The van der Waals surface area contributed by atoms with Gasteiger partial charge in [-0.25, -0.2) is 9.97 Å². The van der Waals surface area contributed by atoms with Crippen LogP contribution in [0.4, 0.5) is 23.0 Å². The molecule has 0 bridgehead atoms. The summed E-state index contributed by atoms with van der Waals surface area (Å²) in [5, 5.41) is 3.83. The highest BCUT2D eigenvalue weighted by atomic mass is 15.3. The molecular formula is C39H40N4. The maximum Gasteiger partial charge on any atom is 0.177 e. The molecule has 0 amide bonds. The molecule has 1 aliphatic rings. The number of rotatable bonds is 5. The fourth-order valence-electron chi connectivity index (χ4n) is 6.39. The molecule has 0 aliphatic carbocycles. The van der Waals surface area contributed by atoms with Gasteiger partial charge in [0.15, 0.2) is 11.6 Å². The van der Waals surface area contributed by atoms with Crippen molar-refractivity contribution < 1.29 is 0 Å². The highest BCUT2D eigenvalue weighted by Gasteiger charge is 2.32. The smallest absolute Gasteiger partial charge is 0.177 e. The van der Waals surface area contributed by atoms with Gasteiger partial charge in [0.1, 0.15) is 0 Å². The Kier molecular flexibility index (Phi) is 7.86. The lowest BCUT2D eigenvalue weighted by Gasteiger charge is -2.36. The Bertz CT molecular complexity index is 1770. The van der Waals surface area contributed by atoms with E-state index >= 15 is 0 Å². The minimum absolute atomic E-state index is 0.0222. The first kappa shape index (κ1) is 28.4. The van der Waals surface area contributed by atoms with E-state index < -0.39 is 0 Å². The molecule has 43 heavy (non-hydrogen) atoms. The van der Waals surface area contributed by atoms with Gasteiger partial charge in [0, 0.05) is 27.9 Å². The van der Waals surface area contributed by atoms with Gasteiger partial charge < -0.3 is 10.2 Å². The molecule has 0 radical (unpaired) electrons. The Hall–Kier alpha value is -4.70. The average Bonchev–Trinajstić information content (AvgIpc) is 3.04. The zero-order valence-corrected chi connectivity index (χ0v) is 25.8. The summed E-state index contributed by atoms with van der Waals surface area (Å²) in [6.45, 7) is 11.1. The highest BCUT2D eigenvalue weighted by Crippen LogP contribution is 2.44. The number of hydrogen-bond donors (Lipinski definition) is 1. The first-order chi connectivity index (χ1) is 21.0. The van der Waals surface area contributed by atoms with Crippen molar-refractivity contribution in [3.8, 4) is 22.5 Å². The molecule has 6 rings (SSSR count). The zero-order valence-electron chi connectivity index (χ0n) is 25.8. The molecule has 216 valence electrons. The molecule has 2 heterocycles. The normalized spacial score (nSPS) is 16.5. The molecule has 0 spiro atoms. The number of benzene rings is 4. The summed E-state index contributed by atoms with van der Waals surface area (Å²) in [6.07, 6.45) is 6.78. The van der Waals surface area contributed by atoms with Gasteiger partial charge in [-0.1, -0.05) is 111 Å². The van der Waals surface area contributed by atoms with Crippen molar-refractivity contribution in [3.05, 3.63) is 132 Å². The predicted molar refractivity (Wildman–Crippen MR) is 182 cm³/mol. The summed E-state index contributed by atoms with van der Waals surface area (Å²) in [6, 6.07) is 36.2. The second-order valence-corrected chi connectivity index (χ2v) is 11.6. The Balaban J connectivity index is 1.72. The van der Waals surface area contributed by atoms with Crippen molar-refractivity contribution in [3.63, 3.8) is 0 Å². The van der Waals surface area contributed by atoms with E-state index in [0.29, 0.717) is 0 Å². The van der Waals surface area contributed by atoms with Crippen LogP contribution < -0.4 is 10.2 Å². The summed E-state index contributed by atoms with van der Waals surface area (Å²) >= 11 is 0. The van der Waals surface area contributed by atoms with Gasteiger partial charge >= 0.3 is 0 Å². The second-order valence-electron chi connectivity index (χ2n) is 11.6. The number of para-hydroxylation sites is 2. The van der Waals surface area contributed by atoms with E-state index in [1.165, 1.54) is 16.7 Å². The molecule has 0 saturated heterocycles. The van der Waals surface area contributed by atoms with Crippen LogP contribution in [-0.4, -0.2) is 16.0 Å². The van der Waals surface area contributed by atoms with Crippen LogP contribution in [0.15, 0.2) is 115 Å². The number of anilines is 4. The van der Waals surface area contributed by atoms with E-state index in [1.807, 2.05) is 0 Å². The number of nitrogens with zero attached hydrogens (tertiary/aromatic N) is 3. The van der Waals surface area contributed by atoms with Gasteiger partial charge in [0.05, 0.1) is 17.4 Å². The standard InChI is InChI=1S/C39H40N4/c1-6-39(7-2)26-25-29(5)43(30-19-9-8-10-20-30)38-37(40-34-24-16-15-23-33(34)39)41-35(31-21-13-11-17-27(31)3)36(42-38)32-22-14-12-18-28(32)4/h8-26,29H,6-7H2,1-5H3,(H,40,41)/b26-25-. The third-order valence-corrected chi connectivity index (χ3v) is 9.02. The molecule has 1 aromatic heterocycles. The van der Waals surface area contributed by atoms with Gasteiger partial charge in [-0.15, -0.1) is 0 Å². The molecule has 1 aliphatic heterocycles. The van der Waals surface area contributed by atoms with Crippen molar-refractivity contribution in [2.75, 3.05) is 10.2 Å². The Labute approximate surface area is 256 Å². The van der Waals surface area contributed by atoms with Crippen molar-refractivity contribution in [1.29, 1.82) is 0 Å². The van der Waals surface area contributed by atoms with Crippen LogP contribution in [0.5, 0.6) is 0 Å². The van der Waals surface area contributed by atoms with Gasteiger partial charge in [0.25, 0.3) is 0 Å². The number of allylic oxidation sites excluding steroid dienone is 1. The van der Waals surface area contributed by atoms with E-state index in [1.54, 1.807) is 0 Å². The zero-order chi connectivity index (χ0) is 30.0. The summed E-state index contributed by atoms with van der Waals surface area (Å²) in [5.74, 6) is 1.55. The lowest BCUT2D eigenvalue weighted by molar-refractivity contribution is 0.496. The van der Waals surface area contributed by atoms with Crippen LogP contribution in [0.2, 0.25) is 0 Å². The molecular weight excluding hydrogens is 524 g/mol. The van der Waals surface area contributed by atoms with E-state index in [9.17, 15) is 0 Å². The number of aromatic nitrogens is 2. The molecule has 1 atom stereocenters. The molecule has 4 aromatic carbocycles. The van der Waals surface area contributed by atoms with Gasteiger partial charge in [-0.05, 0) is 68.5 Å². The molecule has 5 aromatic rings. The van der Waals surface area contributed by atoms with Crippen molar-refractivity contribution >= 4 is 23.0 Å². The maximum absolute atomic E-state index is 5.56. The summed E-state index contributed by atoms with van der Waals surface area (Å²) < 4.78 is 0. The first-order valence-electron chi connectivity index (χ1n) is 15.4. The minimum Gasteiger partial charge on any atom is -0.337 e. The molecule has 4 heteroatoms. The molecule has 4 nitrogen and oxygen atoms in total. The maximum atomic E-state index is 5.56. The average molecular weight is 565 g/mol. The summed E-state index contributed by atoms with van der Waals surface area (Å²) in [5.41, 5.74) is 9.57. The lowest BCUT2D eigenvalue weighted by Crippen LogP contribution is -2.31. The van der Waals surface area contributed by atoms with Crippen LogP contribution in [0.3, 0.4) is 0 Å². The van der Waals surface area contributed by atoms with Crippen LogP contribution >= 0.6 is 0 Å². The predicted octanol–water partition coefficient (Wildman–Crippen LogP) is 10.3. The molecule has 0 fully saturated rings. The Morgan fingerprint density at radius 1 is 0.698 bits per heavy atom. The van der Waals surface area contributed by atoms with Crippen molar-refractivity contribution in [2.24, 2.45) is 0 Å².